The van der Waals surface area contributed by atoms with E-state index >= 15 is 0 Å². The van der Waals surface area contributed by atoms with E-state index in [-0.39, 0.29) is 25.0 Å². The molecule has 6 heteroatoms. The lowest BCUT2D eigenvalue weighted by Crippen LogP contribution is -2.25. The number of aliphatic hydroxyl groups excluding tert-OH is 1. The van der Waals surface area contributed by atoms with Gasteiger partial charge in [0.15, 0.2) is 0 Å². The summed E-state index contributed by atoms with van der Waals surface area (Å²) in [5, 5.41) is 14.3. The first-order valence-corrected chi connectivity index (χ1v) is 8.39. The summed E-state index contributed by atoms with van der Waals surface area (Å²) in [7, 11) is 0. The van der Waals surface area contributed by atoms with Gasteiger partial charge in [0.2, 0.25) is 0 Å². The van der Waals surface area contributed by atoms with Crippen molar-refractivity contribution in [3.8, 4) is 10.4 Å². The van der Waals surface area contributed by atoms with E-state index in [0.717, 1.165) is 23.3 Å². The molecule has 1 aromatic carbocycles. The Morgan fingerprint density at radius 1 is 1.09 bits per heavy atom. The van der Waals surface area contributed by atoms with Crippen LogP contribution < -0.4 is 10.6 Å². The SMILES string of the molecule is O=C(NC1CC1)c1ccc(-c2ccc(C(=O)NCCO)s2)cc1. The number of benzene rings is 1. The van der Waals surface area contributed by atoms with Gasteiger partial charge in [-0.3, -0.25) is 9.59 Å². The molecule has 1 heterocycles. The van der Waals surface area contributed by atoms with E-state index in [1.165, 1.54) is 11.3 Å². The molecule has 0 unspecified atom stereocenters. The quantitative estimate of drug-likeness (QED) is 0.758. The maximum atomic E-state index is 12.0. The summed E-state index contributed by atoms with van der Waals surface area (Å²) in [6.07, 6.45) is 2.14. The summed E-state index contributed by atoms with van der Waals surface area (Å²) >= 11 is 1.39. The lowest BCUT2D eigenvalue weighted by atomic mass is 10.1. The molecule has 120 valence electrons. The maximum Gasteiger partial charge on any atom is 0.261 e. The van der Waals surface area contributed by atoms with E-state index < -0.39 is 0 Å². The van der Waals surface area contributed by atoms with Crippen LogP contribution in [0.25, 0.3) is 10.4 Å². The van der Waals surface area contributed by atoms with E-state index in [1.807, 2.05) is 18.2 Å². The molecule has 0 spiro atoms. The van der Waals surface area contributed by atoms with Gasteiger partial charge >= 0.3 is 0 Å². The van der Waals surface area contributed by atoms with Crippen molar-refractivity contribution < 1.29 is 14.7 Å². The predicted octanol–water partition coefficient (Wildman–Crippen LogP) is 2.03. The van der Waals surface area contributed by atoms with Gasteiger partial charge < -0.3 is 15.7 Å². The number of carbonyl (C=O) groups excluding carboxylic acids is 2. The third-order valence-corrected chi connectivity index (χ3v) is 4.70. The van der Waals surface area contributed by atoms with Crippen molar-refractivity contribution in [1.82, 2.24) is 10.6 Å². The highest BCUT2D eigenvalue weighted by Gasteiger charge is 2.23. The zero-order chi connectivity index (χ0) is 16.2. The number of aliphatic hydroxyl groups is 1. The van der Waals surface area contributed by atoms with Crippen molar-refractivity contribution in [1.29, 1.82) is 0 Å². The molecule has 1 aliphatic rings. The number of rotatable bonds is 6. The molecule has 2 amide bonds. The van der Waals surface area contributed by atoms with E-state index in [1.54, 1.807) is 18.2 Å². The first-order chi connectivity index (χ1) is 11.2. The van der Waals surface area contributed by atoms with Crippen molar-refractivity contribution >= 4 is 23.2 Å². The van der Waals surface area contributed by atoms with E-state index in [9.17, 15) is 9.59 Å². The summed E-state index contributed by atoms with van der Waals surface area (Å²) in [6.45, 7) is 0.172. The van der Waals surface area contributed by atoms with Crippen molar-refractivity contribution in [3.05, 3.63) is 46.8 Å². The first kappa shape index (κ1) is 15.7. The summed E-state index contributed by atoms with van der Waals surface area (Å²) in [5.74, 6) is -0.218. The van der Waals surface area contributed by atoms with Crippen LogP contribution in [0.2, 0.25) is 0 Å². The monoisotopic (exact) mass is 330 g/mol. The number of thiophene rings is 1. The highest BCUT2D eigenvalue weighted by atomic mass is 32.1. The average Bonchev–Trinajstić information content (AvgIpc) is 3.24. The lowest BCUT2D eigenvalue weighted by Gasteiger charge is -2.04. The molecule has 0 saturated heterocycles. The summed E-state index contributed by atoms with van der Waals surface area (Å²) in [6, 6.07) is 11.4. The number of nitrogens with one attached hydrogen (secondary N) is 2. The smallest absolute Gasteiger partial charge is 0.261 e. The Labute approximate surface area is 138 Å². The van der Waals surface area contributed by atoms with Crippen LogP contribution in [0.15, 0.2) is 36.4 Å². The topological polar surface area (TPSA) is 78.4 Å². The van der Waals surface area contributed by atoms with Crippen LogP contribution in [0, 0.1) is 0 Å². The number of amides is 2. The predicted molar refractivity (Wildman–Crippen MR) is 89.7 cm³/mol. The summed E-state index contributed by atoms with van der Waals surface area (Å²) in [4.78, 5) is 25.4. The molecule has 23 heavy (non-hydrogen) atoms. The Hall–Kier alpha value is -2.18. The highest BCUT2D eigenvalue weighted by molar-refractivity contribution is 7.17. The molecule has 0 atom stereocenters. The van der Waals surface area contributed by atoms with E-state index in [0.29, 0.717) is 16.5 Å². The Morgan fingerprint density at radius 3 is 2.48 bits per heavy atom. The molecule has 1 aliphatic carbocycles. The minimum Gasteiger partial charge on any atom is -0.395 e. The number of hydrogen-bond donors (Lipinski definition) is 3. The van der Waals surface area contributed by atoms with Gasteiger partial charge in [-0.1, -0.05) is 12.1 Å². The van der Waals surface area contributed by atoms with Crippen molar-refractivity contribution in [2.45, 2.75) is 18.9 Å². The van der Waals surface area contributed by atoms with E-state index in [2.05, 4.69) is 10.6 Å². The van der Waals surface area contributed by atoms with Gasteiger partial charge in [-0.2, -0.15) is 0 Å². The molecule has 3 N–H and O–H groups in total. The Kier molecular flexibility index (Phi) is 4.73. The minimum absolute atomic E-state index is 0.0331. The van der Waals surface area contributed by atoms with E-state index in [4.69, 9.17) is 5.11 Å². The molecule has 0 radical (unpaired) electrons. The molecule has 1 aromatic heterocycles. The second kappa shape index (κ2) is 6.93. The van der Waals surface area contributed by atoms with Crippen molar-refractivity contribution in [2.75, 3.05) is 13.2 Å². The van der Waals surface area contributed by atoms with Crippen LogP contribution in [-0.4, -0.2) is 36.1 Å². The molecule has 1 saturated carbocycles. The third-order valence-electron chi connectivity index (χ3n) is 3.57. The fourth-order valence-corrected chi connectivity index (χ4v) is 3.08. The largest absolute Gasteiger partial charge is 0.395 e. The van der Waals surface area contributed by atoms with Crippen LogP contribution in [0.4, 0.5) is 0 Å². The molecule has 3 rings (SSSR count). The van der Waals surface area contributed by atoms with Gasteiger partial charge in [0, 0.05) is 23.0 Å². The van der Waals surface area contributed by atoms with Crippen molar-refractivity contribution in [2.24, 2.45) is 0 Å². The molecule has 0 bridgehead atoms. The van der Waals surface area contributed by atoms with Crippen LogP contribution in [-0.2, 0) is 0 Å². The first-order valence-electron chi connectivity index (χ1n) is 7.57. The molecule has 2 aromatic rings. The number of hydrogen-bond acceptors (Lipinski definition) is 4. The molecule has 1 fully saturated rings. The minimum atomic E-state index is -0.185. The van der Waals surface area contributed by atoms with Crippen molar-refractivity contribution in [3.63, 3.8) is 0 Å². The fourth-order valence-electron chi connectivity index (χ4n) is 2.15. The summed E-state index contributed by atoms with van der Waals surface area (Å²) in [5.41, 5.74) is 1.62. The van der Waals surface area contributed by atoms with Crippen LogP contribution in [0.3, 0.4) is 0 Å². The molecular formula is C17H18N2O3S. The van der Waals surface area contributed by atoms with Gasteiger partial charge in [-0.15, -0.1) is 11.3 Å². The molecule has 5 nitrogen and oxygen atoms in total. The highest BCUT2D eigenvalue weighted by Crippen LogP contribution is 2.28. The fraction of sp³-hybridized carbons (Fsp3) is 0.294. The third kappa shape index (κ3) is 3.97. The molecular weight excluding hydrogens is 312 g/mol. The second-order valence-electron chi connectivity index (χ2n) is 5.47. The lowest BCUT2D eigenvalue weighted by molar-refractivity contribution is 0.0942. The zero-order valence-corrected chi connectivity index (χ0v) is 13.4. The average molecular weight is 330 g/mol. The van der Waals surface area contributed by atoms with Gasteiger partial charge in [0.1, 0.15) is 0 Å². The van der Waals surface area contributed by atoms with Gasteiger partial charge in [0.05, 0.1) is 11.5 Å². The van der Waals surface area contributed by atoms with Gasteiger partial charge in [0.25, 0.3) is 11.8 Å². The van der Waals surface area contributed by atoms with Crippen LogP contribution in [0.1, 0.15) is 32.9 Å². The summed E-state index contributed by atoms with van der Waals surface area (Å²) < 4.78 is 0. The maximum absolute atomic E-state index is 12.0. The number of carbonyl (C=O) groups is 2. The van der Waals surface area contributed by atoms with Crippen LogP contribution in [0.5, 0.6) is 0 Å². The molecule has 0 aliphatic heterocycles. The Balaban J connectivity index is 1.68. The van der Waals surface area contributed by atoms with Gasteiger partial charge in [-0.25, -0.2) is 0 Å². The normalized spacial score (nSPS) is 13.6. The van der Waals surface area contributed by atoms with Crippen LogP contribution >= 0.6 is 11.3 Å². The zero-order valence-electron chi connectivity index (χ0n) is 12.5. The second-order valence-corrected chi connectivity index (χ2v) is 6.55. The van der Waals surface area contributed by atoms with Gasteiger partial charge in [-0.05, 0) is 42.7 Å². The Morgan fingerprint density at radius 2 is 1.83 bits per heavy atom. The standard InChI is InChI=1S/C17H18N2O3S/c20-10-9-18-17(22)15-8-7-14(23-15)11-1-3-12(4-2-11)16(21)19-13-5-6-13/h1-4,7-8,13,20H,5-6,9-10H2,(H,18,22)(H,19,21). The Bertz CT molecular complexity index is 705.